The topological polar surface area (TPSA) is 32.3 Å². The number of carbonyl (C=O) groups excluding carboxylic acids is 1. The summed E-state index contributed by atoms with van der Waals surface area (Å²) in [7, 11) is 2.10. The van der Waals surface area contributed by atoms with Crippen LogP contribution in [0.1, 0.15) is 23.2 Å². The lowest BCUT2D eigenvalue weighted by Gasteiger charge is -2.15. The third kappa shape index (κ3) is 3.83. The van der Waals surface area contributed by atoms with Crippen molar-refractivity contribution in [2.75, 3.05) is 20.1 Å². The van der Waals surface area contributed by atoms with Gasteiger partial charge in [0.2, 0.25) is 0 Å². The number of hydrogen-bond acceptors (Lipinski definition) is 2. The molecule has 0 atom stereocenters. The molecule has 98 valence electrons. The van der Waals surface area contributed by atoms with Crippen LogP contribution in [0.3, 0.4) is 0 Å². The maximum atomic E-state index is 11.9. The molecule has 1 aromatic carbocycles. The Morgan fingerprint density at radius 3 is 2.89 bits per heavy atom. The number of rotatable bonds is 5. The van der Waals surface area contributed by atoms with E-state index in [4.69, 9.17) is 11.6 Å². The van der Waals surface area contributed by atoms with E-state index in [1.807, 2.05) is 6.07 Å². The van der Waals surface area contributed by atoms with Crippen LogP contribution in [0.15, 0.2) is 18.2 Å². The van der Waals surface area contributed by atoms with Gasteiger partial charge in [0.05, 0.1) is 5.02 Å². The van der Waals surface area contributed by atoms with Crippen LogP contribution in [0.4, 0.5) is 0 Å². The third-order valence-electron chi connectivity index (χ3n) is 3.10. The Kier molecular flexibility index (Phi) is 4.86. The van der Waals surface area contributed by atoms with E-state index in [1.165, 1.54) is 12.8 Å². The minimum Gasteiger partial charge on any atom is -0.351 e. The summed E-state index contributed by atoms with van der Waals surface area (Å²) >= 11 is 8.14. The van der Waals surface area contributed by atoms with Crippen LogP contribution < -0.4 is 5.32 Å². The fraction of sp³-hybridized carbons (Fsp3) is 0.462. The van der Waals surface area contributed by atoms with Crippen molar-refractivity contribution in [3.8, 4) is 0 Å². The molecular weight excluding hydrogens is 363 g/mol. The molecule has 2 rings (SSSR count). The van der Waals surface area contributed by atoms with Gasteiger partial charge in [0, 0.05) is 28.3 Å². The summed E-state index contributed by atoms with van der Waals surface area (Å²) in [5, 5.41) is 3.54. The first-order chi connectivity index (χ1) is 8.58. The van der Waals surface area contributed by atoms with Gasteiger partial charge in [-0.2, -0.15) is 0 Å². The monoisotopic (exact) mass is 378 g/mol. The van der Waals surface area contributed by atoms with Crippen molar-refractivity contribution < 1.29 is 4.79 Å². The first kappa shape index (κ1) is 14.1. The van der Waals surface area contributed by atoms with E-state index in [2.05, 4.69) is 39.9 Å². The summed E-state index contributed by atoms with van der Waals surface area (Å²) in [5.74, 6) is -0.0579. The fourth-order valence-corrected chi connectivity index (χ4v) is 2.30. The van der Waals surface area contributed by atoms with E-state index in [0.717, 1.165) is 16.2 Å². The van der Waals surface area contributed by atoms with Crippen LogP contribution in [0.25, 0.3) is 0 Å². The second-order valence-electron chi connectivity index (χ2n) is 4.60. The van der Waals surface area contributed by atoms with Crippen molar-refractivity contribution in [2.24, 2.45) is 0 Å². The van der Waals surface area contributed by atoms with Crippen LogP contribution in [0.2, 0.25) is 5.02 Å². The van der Waals surface area contributed by atoms with Gasteiger partial charge >= 0.3 is 0 Å². The summed E-state index contributed by atoms with van der Waals surface area (Å²) in [6, 6.07) is 6.10. The Balaban J connectivity index is 1.81. The molecule has 1 N–H and O–H groups in total. The van der Waals surface area contributed by atoms with Crippen LogP contribution in [-0.2, 0) is 0 Å². The van der Waals surface area contributed by atoms with Crippen LogP contribution in [-0.4, -0.2) is 37.0 Å². The van der Waals surface area contributed by atoms with Crippen LogP contribution in [0.5, 0.6) is 0 Å². The fourth-order valence-electron chi connectivity index (χ4n) is 1.78. The van der Waals surface area contributed by atoms with Gasteiger partial charge in [0.25, 0.3) is 5.91 Å². The number of nitrogens with zero attached hydrogens (tertiary/aromatic N) is 1. The molecule has 0 heterocycles. The van der Waals surface area contributed by atoms with E-state index in [1.54, 1.807) is 12.1 Å². The molecule has 1 aliphatic carbocycles. The summed E-state index contributed by atoms with van der Waals surface area (Å²) in [6.07, 6.45) is 2.58. The molecule has 3 nitrogen and oxygen atoms in total. The first-order valence-electron chi connectivity index (χ1n) is 6.01. The standard InChI is InChI=1S/C13H16ClIN2O/c1-17(10-3-4-10)7-6-16-13(18)9-2-5-12(15)11(14)8-9/h2,5,8,10H,3-4,6-7H2,1H3,(H,16,18). The zero-order valence-corrected chi connectivity index (χ0v) is 13.2. The molecule has 0 spiro atoms. The van der Waals surface area contributed by atoms with Crippen molar-refractivity contribution in [1.82, 2.24) is 10.2 Å². The zero-order chi connectivity index (χ0) is 13.1. The van der Waals surface area contributed by atoms with Gasteiger partial charge in [0.1, 0.15) is 0 Å². The van der Waals surface area contributed by atoms with Crippen LogP contribution in [0, 0.1) is 3.57 Å². The Morgan fingerprint density at radius 2 is 2.28 bits per heavy atom. The second-order valence-corrected chi connectivity index (χ2v) is 6.17. The highest BCUT2D eigenvalue weighted by Crippen LogP contribution is 2.24. The van der Waals surface area contributed by atoms with Crippen molar-refractivity contribution >= 4 is 40.1 Å². The highest BCUT2D eigenvalue weighted by molar-refractivity contribution is 14.1. The molecule has 18 heavy (non-hydrogen) atoms. The molecular formula is C13H16ClIN2O. The Bertz CT molecular complexity index is 449. The molecule has 5 heteroatoms. The van der Waals surface area contributed by atoms with Gasteiger partial charge in [-0.05, 0) is 60.7 Å². The molecule has 0 bridgehead atoms. The highest BCUT2D eigenvalue weighted by Gasteiger charge is 2.25. The summed E-state index contributed by atoms with van der Waals surface area (Å²) < 4.78 is 0.958. The van der Waals surface area contributed by atoms with Crippen molar-refractivity contribution in [3.05, 3.63) is 32.4 Å². The van der Waals surface area contributed by atoms with E-state index in [0.29, 0.717) is 17.1 Å². The van der Waals surface area contributed by atoms with Gasteiger partial charge in [-0.1, -0.05) is 11.6 Å². The average Bonchev–Trinajstić information content (AvgIpc) is 3.16. The second kappa shape index (κ2) is 6.21. The lowest BCUT2D eigenvalue weighted by Crippen LogP contribution is -2.33. The summed E-state index contributed by atoms with van der Waals surface area (Å²) in [6.45, 7) is 1.57. The molecule has 1 amide bonds. The highest BCUT2D eigenvalue weighted by atomic mass is 127. The molecule has 1 aliphatic rings. The van der Waals surface area contributed by atoms with E-state index in [9.17, 15) is 4.79 Å². The van der Waals surface area contributed by atoms with Crippen molar-refractivity contribution in [2.45, 2.75) is 18.9 Å². The Morgan fingerprint density at radius 1 is 1.56 bits per heavy atom. The molecule has 1 saturated carbocycles. The van der Waals surface area contributed by atoms with Gasteiger partial charge in [-0.25, -0.2) is 0 Å². The van der Waals surface area contributed by atoms with Gasteiger partial charge in [-0.3, -0.25) is 4.79 Å². The molecule has 1 aromatic rings. The van der Waals surface area contributed by atoms with E-state index >= 15 is 0 Å². The van der Waals surface area contributed by atoms with E-state index in [-0.39, 0.29) is 5.91 Å². The summed E-state index contributed by atoms with van der Waals surface area (Å²) in [4.78, 5) is 14.2. The Hall–Kier alpha value is -0.330. The summed E-state index contributed by atoms with van der Waals surface area (Å²) in [5.41, 5.74) is 0.620. The lowest BCUT2D eigenvalue weighted by atomic mass is 10.2. The quantitative estimate of drug-likeness (QED) is 0.799. The molecule has 1 fully saturated rings. The number of amides is 1. The number of benzene rings is 1. The number of hydrogen-bond donors (Lipinski definition) is 1. The smallest absolute Gasteiger partial charge is 0.251 e. The van der Waals surface area contributed by atoms with Crippen molar-refractivity contribution in [3.63, 3.8) is 0 Å². The maximum Gasteiger partial charge on any atom is 0.251 e. The number of carbonyl (C=O) groups is 1. The molecule has 0 aromatic heterocycles. The van der Waals surface area contributed by atoms with Crippen LogP contribution >= 0.6 is 34.2 Å². The Labute approximate surface area is 126 Å². The maximum absolute atomic E-state index is 11.9. The minimum absolute atomic E-state index is 0.0579. The molecule has 0 unspecified atom stereocenters. The minimum atomic E-state index is -0.0579. The van der Waals surface area contributed by atoms with Gasteiger partial charge in [-0.15, -0.1) is 0 Å². The normalized spacial score (nSPS) is 14.9. The number of halogens is 2. The SMILES string of the molecule is CN(CCNC(=O)c1ccc(I)c(Cl)c1)C1CC1. The molecule has 0 saturated heterocycles. The molecule has 0 radical (unpaired) electrons. The van der Waals surface area contributed by atoms with E-state index < -0.39 is 0 Å². The molecule has 0 aliphatic heterocycles. The van der Waals surface area contributed by atoms with Gasteiger partial charge < -0.3 is 10.2 Å². The predicted molar refractivity (Wildman–Crippen MR) is 82.2 cm³/mol. The predicted octanol–water partition coefficient (Wildman–Crippen LogP) is 2.77. The van der Waals surface area contributed by atoms with Crippen molar-refractivity contribution in [1.29, 1.82) is 0 Å². The first-order valence-corrected chi connectivity index (χ1v) is 7.47. The average molecular weight is 379 g/mol. The largest absolute Gasteiger partial charge is 0.351 e. The lowest BCUT2D eigenvalue weighted by molar-refractivity contribution is 0.0949. The van der Waals surface area contributed by atoms with Gasteiger partial charge in [0.15, 0.2) is 0 Å². The number of nitrogens with one attached hydrogen (secondary N) is 1. The number of likely N-dealkylation sites (N-methyl/N-ethyl adjacent to an activating group) is 1. The zero-order valence-electron chi connectivity index (χ0n) is 10.2. The third-order valence-corrected chi connectivity index (χ3v) is 4.67.